The molecule has 1 heterocycles. The van der Waals surface area contributed by atoms with Gasteiger partial charge in [-0.15, -0.1) is 0 Å². The third-order valence-corrected chi connectivity index (χ3v) is 3.65. The van der Waals surface area contributed by atoms with E-state index in [1.165, 1.54) is 0 Å². The lowest BCUT2D eigenvalue weighted by Gasteiger charge is -2.28. The lowest BCUT2D eigenvalue weighted by atomic mass is 9.90. The maximum absolute atomic E-state index is 12.0. The second-order valence-corrected chi connectivity index (χ2v) is 5.54. The molecule has 0 aliphatic carbocycles. The summed E-state index contributed by atoms with van der Waals surface area (Å²) in [4.78, 5) is 23.3. The molecule has 0 spiro atoms. The second kappa shape index (κ2) is 8.15. The molecule has 2 amide bonds. The summed E-state index contributed by atoms with van der Waals surface area (Å²) in [5, 5.41) is 8.91. The van der Waals surface area contributed by atoms with Crippen molar-refractivity contribution in [2.75, 3.05) is 19.6 Å². The van der Waals surface area contributed by atoms with E-state index in [2.05, 4.69) is 22.9 Å². The van der Waals surface area contributed by atoms with E-state index in [0.29, 0.717) is 19.0 Å². The van der Waals surface area contributed by atoms with E-state index in [-0.39, 0.29) is 23.8 Å². The molecule has 0 aromatic heterocycles. The summed E-state index contributed by atoms with van der Waals surface area (Å²) >= 11 is 0. The molecule has 0 radical (unpaired) electrons. The highest BCUT2D eigenvalue weighted by Gasteiger charge is 2.25. The van der Waals surface area contributed by atoms with Crippen LogP contribution in [0.25, 0.3) is 0 Å². The first-order chi connectivity index (χ1) is 9.04. The highest BCUT2D eigenvalue weighted by Crippen LogP contribution is 2.19. The summed E-state index contributed by atoms with van der Waals surface area (Å²) in [6.07, 6.45) is 3.21. The maximum Gasteiger partial charge on any atom is 0.237 e. The van der Waals surface area contributed by atoms with Crippen molar-refractivity contribution in [2.24, 2.45) is 11.8 Å². The van der Waals surface area contributed by atoms with Gasteiger partial charge in [0.15, 0.2) is 0 Å². The van der Waals surface area contributed by atoms with Gasteiger partial charge in [0.05, 0.1) is 6.04 Å². The Kier molecular flexibility index (Phi) is 6.84. The molecule has 0 aromatic rings. The minimum absolute atomic E-state index is 0.0129. The normalized spacial score (nSPS) is 23.2. The Morgan fingerprint density at radius 3 is 2.58 bits per heavy atom. The minimum atomic E-state index is -0.0699. The van der Waals surface area contributed by atoms with E-state index < -0.39 is 0 Å². The second-order valence-electron chi connectivity index (χ2n) is 5.54. The number of hydrogen-bond acceptors (Lipinski definition) is 3. The standard InChI is InChI=1S/C14H27N3O2/c1-4-11-5-6-15-12(9-11)14(19)17-8-7-16-13(18)10(2)3/h10-12,15H,4-9H2,1-3H3,(H,16,18)(H,17,19). The lowest BCUT2D eigenvalue weighted by Crippen LogP contribution is -2.50. The summed E-state index contributed by atoms with van der Waals surface area (Å²) in [5.74, 6) is 0.715. The monoisotopic (exact) mass is 269 g/mol. The first-order valence-corrected chi connectivity index (χ1v) is 7.33. The third kappa shape index (κ3) is 5.59. The van der Waals surface area contributed by atoms with Crippen LogP contribution in [0.15, 0.2) is 0 Å². The summed E-state index contributed by atoms with van der Waals surface area (Å²) < 4.78 is 0. The van der Waals surface area contributed by atoms with Crippen molar-refractivity contribution in [2.45, 2.75) is 46.1 Å². The van der Waals surface area contributed by atoms with Gasteiger partial charge in [0.1, 0.15) is 0 Å². The summed E-state index contributed by atoms with van der Waals surface area (Å²) in [7, 11) is 0. The van der Waals surface area contributed by atoms with E-state index >= 15 is 0 Å². The molecule has 0 aromatic carbocycles. The van der Waals surface area contributed by atoms with Gasteiger partial charge in [0.25, 0.3) is 0 Å². The maximum atomic E-state index is 12.0. The fraction of sp³-hybridized carbons (Fsp3) is 0.857. The summed E-state index contributed by atoms with van der Waals surface area (Å²) in [6.45, 7) is 7.78. The first kappa shape index (κ1) is 16.0. The molecule has 5 nitrogen and oxygen atoms in total. The Morgan fingerprint density at radius 2 is 1.95 bits per heavy atom. The van der Waals surface area contributed by atoms with Gasteiger partial charge in [-0.3, -0.25) is 9.59 Å². The average Bonchev–Trinajstić information content (AvgIpc) is 2.42. The van der Waals surface area contributed by atoms with Gasteiger partial charge in [-0.1, -0.05) is 27.2 Å². The van der Waals surface area contributed by atoms with E-state index in [9.17, 15) is 9.59 Å². The molecule has 0 bridgehead atoms. The van der Waals surface area contributed by atoms with E-state index in [1.54, 1.807) is 0 Å². The Bertz CT molecular complexity index is 305. The van der Waals surface area contributed by atoms with Gasteiger partial charge in [-0.05, 0) is 25.3 Å². The third-order valence-electron chi connectivity index (χ3n) is 3.65. The molecule has 3 N–H and O–H groups in total. The molecule has 2 unspecified atom stereocenters. The zero-order valence-corrected chi connectivity index (χ0v) is 12.3. The van der Waals surface area contributed by atoms with Crippen molar-refractivity contribution in [3.63, 3.8) is 0 Å². The number of rotatable bonds is 6. The van der Waals surface area contributed by atoms with Crippen LogP contribution >= 0.6 is 0 Å². The van der Waals surface area contributed by atoms with E-state index in [4.69, 9.17) is 0 Å². The molecule has 1 saturated heterocycles. The van der Waals surface area contributed by atoms with Gasteiger partial charge in [-0.2, -0.15) is 0 Å². The van der Waals surface area contributed by atoms with E-state index in [1.807, 2.05) is 13.8 Å². The number of amides is 2. The molecular weight excluding hydrogens is 242 g/mol. The molecule has 5 heteroatoms. The first-order valence-electron chi connectivity index (χ1n) is 7.33. The quantitative estimate of drug-likeness (QED) is 0.620. The van der Waals surface area contributed by atoms with Crippen LogP contribution in [0.1, 0.15) is 40.0 Å². The van der Waals surface area contributed by atoms with Crippen LogP contribution in [0.2, 0.25) is 0 Å². The van der Waals surface area contributed by atoms with Crippen LogP contribution in [0.4, 0.5) is 0 Å². The fourth-order valence-corrected chi connectivity index (χ4v) is 2.27. The molecule has 1 aliphatic rings. The predicted molar refractivity (Wildman–Crippen MR) is 75.7 cm³/mol. The minimum Gasteiger partial charge on any atom is -0.354 e. The molecule has 1 rings (SSSR count). The number of carbonyl (C=O) groups excluding carboxylic acids is 2. The Hall–Kier alpha value is -1.10. The number of piperidine rings is 1. The summed E-state index contributed by atoms with van der Waals surface area (Å²) in [5.41, 5.74) is 0. The molecule has 110 valence electrons. The van der Waals surface area contributed by atoms with Crippen LogP contribution in [0.3, 0.4) is 0 Å². The largest absolute Gasteiger partial charge is 0.354 e. The van der Waals surface area contributed by atoms with Gasteiger partial charge in [0, 0.05) is 19.0 Å². The van der Waals surface area contributed by atoms with Gasteiger partial charge in [-0.25, -0.2) is 0 Å². The predicted octanol–water partition coefficient (Wildman–Crippen LogP) is 0.653. The highest BCUT2D eigenvalue weighted by molar-refractivity contribution is 5.82. The molecule has 1 fully saturated rings. The van der Waals surface area contributed by atoms with Crippen molar-refractivity contribution in [1.29, 1.82) is 0 Å². The molecule has 19 heavy (non-hydrogen) atoms. The fourth-order valence-electron chi connectivity index (χ4n) is 2.27. The highest BCUT2D eigenvalue weighted by atomic mass is 16.2. The zero-order valence-electron chi connectivity index (χ0n) is 12.3. The molecular formula is C14H27N3O2. The van der Waals surface area contributed by atoms with Gasteiger partial charge >= 0.3 is 0 Å². The van der Waals surface area contributed by atoms with Crippen LogP contribution in [-0.2, 0) is 9.59 Å². The molecule has 0 saturated carbocycles. The van der Waals surface area contributed by atoms with E-state index in [0.717, 1.165) is 25.8 Å². The van der Waals surface area contributed by atoms with Crippen molar-refractivity contribution >= 4 is 11.8 Å². The Balaban J connectivity index is 2.18. The van der Waals surface area contributed by atoms with Crippen LogP contribution in [-0.4, -0.2) is 37.5 Å². The topological polar surface area (TPSA) is 70.2 Å². The molecule has 2 atom stereocenters. The van der Waals surface area contributed by atoms with Crippen LogP contribution < -0.4 is 16.0 Å². The number of hydrogen-bond donors (Lipinski definition) is 3. The van der Waals surface area contributed by atoms with Crippen LogP contribution in [0.5, 0.6) is 0 Å². The Labute approximate surface area is 115 Å². The lowest BCUT2D eigenvalue weighted by molar-refractivity contribution is -0.125. The number of carbonyl (C=O) groups is 2. The Morgan fingerprint density at radius 1 is 1.26 bits per heavy atom. The van der Waals surface area contributed by atoms with Crippen LogP contribution in [0, 0.1) is 11.8 Å². The molecule has 1 aliphatic heterocycles. The SMILES string of the molecule is CCC1CCNC(C(=O)NCCNC(=O)C(C)C)C1. The van der Waals surface area contributed by atoms with Crippen molar-refractivity contribution in [3.05, 3.63) is 0 Å². The van der Waals surface area contributed by atoms with Gasteiger partial charge < -0.3 is 16.0 Å². The van der Waals surface area contributed by atoms with Crippen molar-refractivity contribution in [1.82, 2.24) is 16.0 Å². The average molecular weight is 269 g/mol. The number of nitrogens with one attached hydrogen (secondary N) is 3. The van der Waals surface area contributed by atoms with Crippen molar-refractivity contribution < 1.29 is 9.59 Å². The van der Waals surface area contributed by atoms with Gasteiger partial charge in [0.2, 0.25) is 11.8 Å². The van der Waals surface area contributed by atoms with Crippen molar-refractivity contribution in [3.8, 4) is 0 Å². The summed E-state index contributed by atoms with van der Waals surface area (Å²) in [6, 6.07) is -0.0699. The smallest absolute Gasteiger partial charge is 0.237 e. The zero-order chi connectivity index (χ0) is 14.3.